The second-order valence-corrected chi connectivity index (χ2v) is 7.00. The molecule has 0 spiro atoms. The summed E-state index contributed by atoms with van der Waals surface area (Å²) >= 11 is 1.37. The maximum atomic E-state index is 12.1. The molecule has 142 valence electrons. The number of anilines is 2. The SMILES string of the molecule is Cc1ccccc1C(=O)NCC(=O)Nc1ccc(NC(=O)c2cccs2)cc1. The van der Waals surface area contributed by atoms with Crippen LogP contribution in [0.1, 0.15) is 25.6 Å². The fourth-order valence-corrected chi connectivity index (χ4v) is 3.14. The summed E-state index contributed by atoms with van der Waals surface area (Å²) in [5.41, 5.74) is 2.59. The smallest absolute Gasteiger partial charge is 0.265 e. The first-order chi connectivity index (χ1) is 13.5. The molecule has 3 amide bonds. The summed E-state index contributed by atoms with van der Waals surface area (Å²) in [7, 11) is 0. The molecule has 28 heavy (non-hydrogen) atoms. The lowest BCUT2D eigenvalue weighted by Crippen LogP contribution is -2.33. The summed E-state index contributed by atoms with van der Waals surface area (Å²) in [6.45, 7) is 1.71. The number of carbonyl (C=O) groups excluding carboxylic acids is 3. The first kappa shape index (κ1) is 19.3. The van der Waals surface area contributed by atoms with Crippen LogP contribution in [0, 0.1) is 6.92 Å². The lowest BCUT2D eigenvalue weighted by atomic mass is 10.1. The van der Waals surface area contributed by atoms with E-state index in [-0.39, 0.29) is 24.3 Å². The van der Waals surface area contributed by atoms with Crippen molar-refractivity contribution < 1.29 is 14.4 Å². The second-order valence-electron chi connectivity index (χ2n) is 6.05. The quantitative estimate of drug-likeness (QED) is 0.597. The van der Waals surface area contributed by atoms with Crippen molar-refractivity contribution in [2.45, 2.75) is 6.92 Å². The molecule has 0 fully saturated rings. The lowest BCUT2D eigenvalue weighted by Gasteiger charge is -2.09. The van der Waals surface area contributed by atoms with Gasteiger partial charge in [0.1, 0.15) is 0 Å². The number of benzene rings is 2. The topological polar surface area (TPSA) is 87.3 Å². The van der Waals surface area contributed by atoms with Crippen LogP contribution in [-0.2, 0) is 4.79 Å². The summed E-state index contributed by atoms with van der Waals surface area (Å²) < 4.78 is 0. The van der Waals surface area contributed by atoms with E-state index in [1.807, 2.05) is 30.5 Å². The normalized spacial score (nSPS) is 10.2. The number of hydrogen-bond acceptors (Lipinski definition) is 4. The minimum absolute atomic E-state index is 0.135. The molecular formula is C21H19N3O3S. The average molecular weight is 393 g/mol. The molecule has 3 rings (SSSR count). The minimum Gasteiger partial charge on any atom is -0.343 e. The van der Waals surface area contributed by atoms with Crippen molar-refractivity contribution >= 4 is 40.4 Å². The summed E-state index contributed by atoms with van der Waals surface area (Å²) in [4.78, 5) is 36.8. The van der Waals surface area contributed by atoms with Gasteiger partial charge in [-0.3, -0.25) is 14.4 Å². The van der Waals surface area contributed by atoms with Crippen molar-refractivity contribution in [1.29, 1.82) is 0 Å². The number of amides is 3. The van der Waals surface area contributed by atoms with Crippen LogP contribution < -0.4 is 16.0 Å². The first-order valence-corrected chi connectivity index (χ1v) is 9.49. The maximum Gasteiger partial charge on any atom is 0.265 e. The second kappa shape index (κ2) is 8.96. The van der Waals surface area contributed by atoms with Crippen LogP contribution in [0.3, 0.4) is 0 Å². The van der Waals surface area contributed by atoms with E-state index in [0.717, 1.165) is 5.56 Å². The Morgan fingerprint density at radius 3 is 2.14 bits per heavy atom. The van der Waals surface area contributed by atoms with E-state index in [2.05, 4.69) is 16.0 Å². The van der Waals surface area contributed by atoms with Crippen molar-refractivity contribution in [2.75, 3.05) is 17.2 Å². The first-order valence-electron chi connectivity index (χ1n) is 8.61. The molecule has 0 aliphatic rings. The van der Waals surface area contributed by atoms with Gasteiger partial charge in [0.2, 0.25) is 5.91 Å². The van der Waals surface area contributed by atoms with Crippen molar-refractivity contribution in [3.8, 4) is 0 Å². The van der Waals surface area contributed by atoms with Crippen LogP contribution in [0.2, 0.25) is 0 Å². The van der Waals surface area contributed by atoms with Gasteiger partial charge in [0, 0.05) is 16.9 Å². The molecule has 0 saturated carbocycles. The summed E-state index contributed by atoms with van der Waals surface area (Å²) in [6, 6.07) is 17.5. The zero-order chi connectivity index (χ0) is 19.9. The molecule has 7 heteroatoms. The Morgan fingerprint density at radius 1 is 0.821 bits per heavy atom. The Balaban J connectivity index is 1.50. The van der Waals surface area contributed by atoms with E-state index in [9.17, 15) is 14.4 Å². The average Bonchev–Trinajstić information content (AvgIpc) is 3.23. The third kappa shape index (κ3) is 5.05. The fourth-order valence-electron chi connectivity index (χ4n) is 2.53. The van der Waals surface area contributed by atoms with Gasteiger partial charge in [-0.15, -0.1) is 11.3 Å². The maximum absolute atomic E-state index is 12.1. The molecular weight excluding hydrogens is 374 g/mol. The third-order valence-corrected chi connectivity index (χ3v) is 4.84. The molecule has 0 aliphatic heterocycles. The molecule has 6 nitrogen and oxygen atoms in total. The molecule has 0 unspecified atom stereocenters. The zero-order valence-corrected chi connectivity index (χ0v) is 16.0. The van der Waals surface area contributed by atoms with E-state index in [4.69, 9.17) is 0 Å². The molecule has 2 aromatic carbocycles. The highest BCUT2D eigenvalue weighted by molar-refractivity contribution is 7.12. The highest BCUT2D eigenvalue weighted by atomic mass is 32.1. The Bertz CT molecular complexity index is 982. The van der Waals surface area contributed by atoms with Crippen molar-refractivity contribution in [3.63, 3.8) is 0 Å². The molecule has 0 bridgehead atoms. The Hall–Kier alpha value is -3.45. The van der Waals surface area contributed by atoms with Crippen LogP contribution in [0.4, 0.5) is 11.4 Å². The van der Waals surface area contributed by atoms with Gasteiger partial charge in [0.25, 0.3) is 11.8 Å². The van der Waals surface area contributed by atoms with Gasteiger partial charge in [-0.25, -0.2) is 0 Å². The van der Waals surface area contributed by atoms with Crippen molar-refractivity contribution in [2.24, 2.45) is 0 Å². The van der Waals surface area contributed by atoms with Crippen LogP contribution >= 0.6 is 11.3 Å². The van der Waals surface area contributed by atoms with Gasteiger partial charge >= 0.3 is 0 Å². The number of nitrogens with one attached hydrogen (secondary N) is 3. The van der Waals surface area contributed by atoms with E-state index in [0.29, 0.717) is 21.8 Å². The standard InChI is InChI=1S/C21H19N3O3S/c1-14-5-2-3-6-17(14)20(26)22-13-19(25)23-15-8-10-16(11-9-15)24-21(27)18-7-4-12-28-18/h2-12H,13H2,1H3,(H,22,26)(H,23,25)(H,24,27). The van der Waals surface area contributed by atoms with Crippen molar-refractivity contribution in [1.82, 2.24) is 5.32 Å². The zero-order valence-electron chi connectivity index (χ0n) is 15.2. The van der Waals surface area contributed by atoms with Crippen LogP contribution in [-0.4, -0.2) is 24.3 Å². The van der Waals surface area contributed by atoms with Gasteiger partial charge in [0.15, 0.2) is 0 Å². The van der Waals surface area contributed by atoms with Gasteiger partial charge in [-0.2, -0.15) is 0 Å². The number of aryl methyl sites for hydroxylation is 1. The summed E-state index contributed by atoms with van der Waals surface area (Å²) in [6.07, 6.45) is 0. The van der Waals surface area contributed by atoms with E-state index >= 15 is 0 Å². The molecule has 3 N–H and O–H groups in total. The largest absolute Gasteiger partial charge is 0.343 e. The molecule has 1 heterocycles. The highest BCUT2D eigenvalue weighted by Crippen LogP contribution is 2.16. The van der Waals surface area contributed by atoms with Crippen LogP contribution in [0.25, 0.3) is 0 Å². The summed E-state index contributed by atoms with van der Waals surface area (Å²) in [5.74, 6) is -0.803. The Kier molecular flexibility index (Phi) is 6.18. The molecule has 0 saturated heterocycles. The van der Waals surface area contributed by atoms with E-state index in [1.54, 1.807) is 42.5 Å². The monoisotopic (exact) mass is 393 g/mol. The number of carbonyl (C=O) groups is 3. The lowest BCUT2D eigenvalue weighted by molar-refractivity contribution is -0.115. The van der Waals surface area contributed by atoms with Gasteiger partial charge in [0.05, 0.1) is 11.4 Å². The Morgan fingerprint density at radius 2 is 1.50 bits per heavy atom. The molecule has 3 aromatic rings. The molecule has 1 aromatic heterocycles. The number of thiophene rings is 1. The van der Waals surface area contributed by atoms with E-state index < -0.39 is 0 Å². The highest BCUT2D eigenvalue weighted by Gasteiger charge is 2.10. The minimum atomic E-state index is -0.336. The predicted octanol–water partition coefficient (Wildman–Crippen LogP) is 3.68. The van der Waals surface area contributed by atoms with Gasteiger partial charge in [-0.05, 0) is 54.3 Å². The number of hydrogen-bond donors (Lipinski definition) is 3. The molecule has 0 radical (unpaired) electrons. The Labute approximate surface area is 166 Å². The molecule has 0 aliphatic carbocycles. The van der Waals surface area contributed by atoms with Crippen LogP contribution in [0.15, 0.2) is 66.0 Å². The predicted molar refractivity (Wildman–Crippen MR) is 111 cm³/mol. The summed E-state index contributed by atoms with van der Waals surface area (Å²) in [5, 5.41) is 9.94. The molecule has 0 atom stereocenters. The fraction of sp³-hybridized carbons (Fsp3) is 0.0952. The van der Waals surface area contributed by atoms with Crippen LogP contribution in [0.5, 0.6) is 0 Å². The van der Waals surface area contributed by atoms with E-state index in [1.165, 1.54) is 11.3 Å². The van der Waals surface area contributed by atoms with Crippen molar-refractivity contribution in [3.05, 3.63) is 82.0 Å². The number of rotatable bonds is 6. The van der Waals surface area contributed by atoms with Gasteiger partial charge in [-0.1, -0.05) is 24.3 Å². The third-order valence-electron chi connectivity index (χ3n) is 3.97. The van der Waals surface area contributed by atoms with Gasteiger partial charge < -0.3 is 16.0 Å².